The summed E-state index contributed by atoms with van der Waals surface area (Å²) in [5, 5.41) is 15.3. The van der Waals surface area contributed by atoms with E-state index in [1.807, 2.05) is 43.3 Å². The molecule has 0 radical (unpaired) electrons. The zero-order valence-corrected chi connectivity index (χ0v) is 36.2. The van der Waals surface area contributed by atoms with E-state index in [0.717, 1.165) is 94.7 Å². The summed E-state index contributed by atoms with van der Waals surface area (Å²) in [5.41, 5.74) is 14.0. The van der Waals surface area contributed by atoms with E-state index in [1.54, 1.807) is 6.07 Å². The number of benzene rings is 6. The summed E-state index contributed by atoms with van der Waals surface area (Å²) >= 11 is 0. The van der Waals surface area contributed by atoms with Gasteiger partial charge in [-0.05, 0) is 101 Å². The molecule has 0 unspecified atom stereocenters. The second-order valence-electron chi connectivity index (χ2n) is 18.5. The smallest absolute Gasteiger partial charge is 0.142 e. The van der Waals surface area contributed by atoms with E-state index in [1.165, 1.54) is 11.1 Å². The third kappa shape index (κ3) is 7.13. The second-order valence-corrected chi connectivity index (χ2v) is 18.5. The van der Waals surface area contributed by atoms with Gasteiger partial charge in [-0.1, -0.05) is 139 Å². The number of fused-ring (bicyclic) bond motifs is 4. The molecular formula is C57H48N2O3. The lowest BCUT2D eigenvalue weighted by Crippen LogP contribution is -2.16. The van der Waals surface area contributed by atoms with Crippen LogP contribution in [0.1, 0.15) is 58.4 Å². The van der Waals surface area contributed by atoms with Crippen molar-refractivity contribution in [3.63, 3.8) is 0 Å². The van der Waals surface area contributed by atoms with Crippen molar-refractivity contribution in [3.8, 4) is 73.3 Å². The highest BCUT2D eigenvalue weighted by molar-refractivity contribution is 6.08. The Balaban J connectivity index is 1.08. The molecule has 304 valence electrons. The Morgan fingerprint density at radius 2 is 0.968 bits per heavy atom. The molecule has 4 aromatic heterocycles. The molecule has 62 heavy (non-hydrogen) atoms. The standard InChI is InChI=1S/C57H48N2O3/c1-34-25-40(55-46-19-9-8-18-45(46)54(62-55)37-23-24-44-43-17-11-13-22-52(43)61-53(44)32-37)31-48(58-34)35-15-14-16-36(26-35)49-29-39(30-50(59-49)47-20-10-12-21-51(47)60)38-27-41(56(2,3)4)33-42(28-38)57(5,6)7/h8-33,60H,1-7H3. The third-order valence-electron chi connectivity index (χ3n) is 11.9. The molecule has 0 saturated carbocycles. The Labute approximate surface area is 362 Å². The first-order chi connectivity index (χ1) is 29.8. The van der Waals surface area contributed by atoms with Gasteiger partial charge in [0.05, 0.1) is 17.1 Å². The molecule has 0 amide bonds. The SMILES string of the molecule is Cc1cc(-c2oc(-c3ccc4c(c3)oc3ccccc34)c3ccccc23)cc(-c2cccc(-c3cc(-c4cc(C(C)(C)C)cc(C(C)(C)C)c4)cc(-c4ccccc4O)n3)c2)n1. The van der Waals surface area contributed by atoms with Gasteiger partial charge in [-0.15, -0.1) is 0 Å². The number of pyridine rings is 2. The largest absolute Gasteiger partial charge is 0.507 e. The van der Waals surface area contributed by atoms with Gasteiger partial charge in [0.1, 0.15) is 28.4 Å². The molecule has 10 aromatic rings. The van der Waals surface area contributed by atoms with E-state index < -0.39 is 0 Å². The van der Waals surface area contributed by atoms with Crippen LogP contribution >= 0.6 is 0 Å². The predicted octanol–water partition coefficient (Wildman–Crippen LogP) is 15.7. The van der Waals surface area contributed by atoms with Crippen LogP contribution in [0.5, 0.6) is 5.75 Å². The summed E-state index contributed by atoms with van der Waals surface area (Å²) in [4.78, 5) is 10.3. The number of aromatic hydroxyl groups is 1. The minimum absolute atomic E-state index is 0.0480. The fourth-order valence-corrected chi connectivity index (χ4v) is 8.51. The second kappa shape index (κ2) is 14.7. The first-order valence-corrected chi connectivity index (χ1v) is 21.3. The Bertz CT molecular complexity index is 3320. The number of hydrogen-bond donors (Lipinski definition) is 1. The Hall–Kier alpha value is -7.24. The monoisotopic (exact) mass is 808 g/mol. The lowest BCUT2D eigenvalue weighted by molar-refractivity contribution is 0.477. The number of para-hydroxylation sites is 2. The van der Waals surface area contributed by atoms with Crippen LogP contribution in [-0.2, 0) is 10.8 Å². The lowest BCUT2D eigenvalue weighted by Gasteiger charge is -2.26. The molecule has 0 fully saturated rings. The van der Waals surface area contributed by atoms with E-state index >= 15 is 0 Å². The summed E-state index contributed by atoms with van der Waals surface area (Å²) in [6.45, 7) is 15.6. The first-order valence-electron chi connectivity index (χ1n) is 21.3. The minimum Gasteiger partial charge on any atom is -0.507 e. The quantitative estimate of drug-likeness (QED) is 0.181. The first kappa shape index (κ1) is 38.9. The average molecular weight is 809 g/mol. The van der Waals surface area contributed by atoms with Gasteiger partial charge in [0.15, 0.2) is 0 Å². The summed E-state index contributed by atoms with van der Waals surface area (Å²) in [5.74, 6) is 1.78. The molecule has 5 heteroatoms. The van der Waals surface area contributed by atoms with Crippen molar-refractivity contribution in [2.45, 2.75) is 59.3 Å². The molecule has 0 aliphatic carbocycles. The maximum atomic E-state index is 11.1. The topological polar surface area (TPSA) is 72.3 Å². The van der Waals surface area contributed by atoms with Gasteiger partial charge in [0.25, 0.3) is 0 Å². The Morgan fingerprint density at radius 1 is 0.403 bits per heavy atom. The van der Waals surface area contributed by atoms with Crippen molar-refractivity contribution in [3.05, 3.63) is 175 Å². The summed E-state index contributed by atoms with van der Waals surface area (Å²) in [7, 11) is 0. The highest BCUT2D eigenvalue weighted by atomic mass is 16.3. The molecule has 1 N–H and O–H groups in total. The van der Waals surface area contributed by atoms with Crippen LogP contribution in [0, 0.1) is 6.92 Å². The van der Waals surface area contributed by atoms with E-state index in [4.69, 9.17) is 18.8 Å². The molecule has 0 atom stereocenters. The van der Waals surface area contributed by atoms with Crippen LogP contribution in [0.3, 0.4) is 0 Å². The lowest BCUT2D eigenvalue weighted by atomic mass is 9.79. The van der Waals surface area contributed by atoms with Crippen molar-refractivity contribution in [2.24, 2.45) is 0 Å². The molecule has 0 spiro atoms. The highest BCUT2D eigenvalue weighted by Crippen LogP contribution is 2.43. The van der Waals surface area contributed by atoms with Gasteiger partial charge in [-0.25, -0.2) is 4.98 Å². The number of hydrogen-bond acceptors (Lipinski definition) is 5. The maximum Gasteiger partial charge on any atom is 0.142 e. The van der Waals surface area contributed by atoms with E-state index in [2.05, 4.69) is 157 Å². The molecule has 10 rings (SSSR count). The van der Waals surface area contributed by atoms with Crippen LogP contribution in [0.2, 0.25) is 0 Å². The number of furan rings is 2. The number of nitrogens with zero attached hydrogens (tertiary/aromatic N) is 2. The van der Waals surface area contributed by atoms with Crippen molar-refractivity contribution in [1.29, 1.82) is 0 Å². The molecule has 0 saturated heterocycles. The number of phenolic OH excluding ortho intramolecular Hbond substituents is 1. The summed E-state index contributed by atoms with van der Waals surface area (Å²) in [6, 6.07) is 54.1. The van der Waals surface area contributed by atoms with Gasteiger partial charge in [-0.2, -0.15) is 0 Å². The number of phenols is 1. The Kier molecular flexibility index (Phi) is 9.26. The third-order valence-corrected chi connectivity index (χ3v) is 11.9. The number of rotatable bonds is 6. The van der Waals surface area contributed by atoms with Gasteiger partial charge >= 0.3 is 0 Å². The predicted molar refractivity (Wildman–Crippen MR) is 255 cm³/mol. The van der Waals surface area contributed by atoms with Crippen molar-refractivity contribution < 1.29 is 13.9 Å². The number of aromatic nitrogens is 2. The van der Waals surface area contributed by atoms with Gasteiger partial charge < -0.3 is 13.9 Å². The van der Waals surface area contributed by atoms with Crippen LogP contribution < -0.4 is 0 Å². The highest BCUT2D eigenvalue weighted by Gasteiger charge is 2.23. The fraction of sp³-hybridized carbons (Fsp3) is 0.158. The molecule has 6 aromatic carbocycles. The average Bonchev–Trinajstić information content (AvgIpc) is 3.84. The van der Waals surface area contributed by atoms with Crippen molar-refractivity contribution >= 4 is 32.7 Å². The van der Waals surface area contributed by atoms with E-state index in [0.29, 0.717) is 11.3 Å². The normalized spacial score (nSPS) is 12.2. The van der Waals surface area contributed by atoms with Crippen molar-refractivity contribution in [2.75, 3.05) is 0 Å². The van der Waals surface area contributed by atoms with Crippen LogP contribution in [0.4, 0.5) is 0 Å². The molecule has 0 aliphatic heterocycles. The minimum atomic E-state index is -0.0480. The molecule has 0 bridgehead atoms. The molecule has 5 nitrogen and oxygen atoms in total. The van der Waals surface area contributed by atoms with Crippen LogP contribution in [-0.4, -0.2) is 15.1 Å². The van der Waals surface area contributed by atoms with Gasteiger partial charge in [0, 0.05) is 55.1 Å². The maximum absolute atomic E-state index is 11.1. The molecule has 0 aliphatic rings. The van der Waals surface area contributed by atoms with Crippen LogP contribution in [0.15, 0.2) is 167 Å². The summed E-state index contributed by atoms with van der Waals surface area (Å²) in [6.07, 6.45) is 0. The van der Waals surface area contributed by atoms with Gasteiger partial charge in [0.2, 0.25) is 0 Å². The van der Waals surface area contributed by atoms with Gasteiger partial charge in [-0.3, -0.25) is 4.98 Å². The van der Waals surface area contributed by atoms with E-state index in [-0.39, 0.29) is 16.6 Å². The number of aryl methyl sites for hydroxylation is 1. The zero-order chi connectivity index (χ0) is 42.9. The Morgan fingerprint density at radius 3 is 1.66 bits per heavy atom. The zero-order valence-electron chi connectivity index (χ0n) is 36.2. The summed E-state index contributed by atoms with van der Waals surface area (Å²) < 4.78 is 13.1. The molecule has 4 heterocycles. The molecular weight excluding hydrogens is 761 g/mol. The van der Waals surface area contributed by atoms with Crippen molar-refractivity contribution in [1.82, 2.24) is 9.97 Å². The van der Waals surface area contributed by atoms with Crippen LogP contribution in [0.25, 0.3) is 100 Å². The fourth-order valence-electron chi connectivity index (χ4n) is 8.51. The van der Waals surface area contributed by atoms with E-state index in [9.17, 15) is 5.11 Å².